The molecule has 0 amide bonds. The number of aryl methyl sites for hydroxylation is 1. The molecule has 4 nitrogen and oxygen atoms in total. The summed E-state index contributed by atoms with van der Waals surface area (Å²) >= 11 is 1.63. The van der Waals surface area contributed by atoms with E-state index in [1.54, 1.807) is 18.9 Å². The summed E-state index contributed by atoms with van der Waals surface area (Å²) in [5.74, 6) is 1.43. The number of thioether (sulfide) groups is 1. The molecule has 0 saturated carbocycles. The highest BCUT2D eigenvalue weighted by Gasteiger charge is 2.26. The second kappa shape index (κ2) is 8.91. The summed E-state index contributed by atoms with van der Waals surface area (Å²) in [6, 6.07) is 16.7. The van der Waals surface area contributed by atoms with Crippen molar-refractivity contribution in [3.05, 3.63) is 65.2 Å². The largest absolute Gasteiger partial charge is 0.497 e. The molecule has 0 unspecified atom stereocenters. The van der Waals surface area contributed by atoms with E-state index >= 15 is 0 Å². The first-order chi connectivity index (χ1) is 15.4. The lowest BCUT2D eigenvalue weighted by atomic mass is 9.93. The molecule has 0 atom stereocenters. The molecule has 4 aromatic rings. The summed E-state index contributed by atoms with van der Waals surface area (Å²) in [5, 5.41) is 2.35. The van der Waals surface area contributed by atoms with Crippen LogP contribution in [0, 0.1) is 6.92 Å². The average Bonchev–Trinajstić information content (AvgIpc) is 3.07. The molecule has 0 N–H and O–H groups in total. The van der Waals surface area contributed by atoms with E-state index in [0.29, 0.717) is 5.75 Å². The fourth-order valence-corrected chi connectivity index (χ4v) is 5.41. The fourth-order valence-electron chi connectivity index (χ4n) is 4.67. The fraction of sp³-hybridized carbons (Fsp3) is 0.296. The molecule has 0 fully saturated rings. The van der Waals surface area contributed by atoms with Crippen LogP contribution < -0.4 is 9.47 Å². The highest BCUT2D eigenvalue weighted by atomic mass is 32.2. The molecule has 5 heteroatoms. The Morgan fingerprint density at radius 2 is 1.84 bits per heavy atom. The Labute approximate surface area is 193 Å². The standard InChI is InChI=1S/C27H29NO3S/c1-16(2)23-17(3)24-21-14-20(30-5)12-13-22(21)28(15-19-10-8-7-9-11-19)25(24)27(32-6)26(23)31-18(4)29/h7-14,16H,15H2,1-6H3. The van der Waals surface area contributed by atoms with Crippen LogP contribution >= 0.6 is 11.8 Å². The van der Waals surface area contributed by atoms with Crippen LogP contribution in [0.3, 0.4) is 0 Å². The van der Waals surface area contributed by atoms with Gasteiger partial charge in [-0.1, -0.05) is 44.2 Å². The molecule has 0 saturated heterocycles. The molecule has 0 radical (unpaired) electrons. The second-order valence-corrected chi connectivity index (χ2v) is 9.14. The van der Waals surface area contributed by atoms with Crippen LogP contribution in [0.15, 0.2) is 53.4 Å². The smallest absolute Gasteiger partial charge is 0.308 e. The van der Waals surface area contributed by atoms with Crippen LogP contribution in [0.25, 0.3) is 21.8 Å². The maximum Gasteiger partial charge on any atom is 0.308 e. The van der Waals surface area contributed by atoms with Gasteiger partial charge in [0.15, 0.2) is 0 Å². The van der Waals surface area contributed by atoms with Gasteiger partial charge in [0.25, 0.3) is 0 Å². The van der Waals surface area contributed by atoms with Gasteiger partial charge in [-0.05, 0) is 48.4 Å². The second-order valence-electron chi connectivity index (χ2n) is 8.33. The minimum Gasteiger partial charge on any atom is -0.497 e. The molecule has 0 aliphatic heterocycles. The molecule has 4 rings (SSSR count). The summed E-state index contributed by atoms with van der Waals surface area (Å²) in [4.78, 5) is 13.1. The summed E-state index contributed by atoms with van der Waals surface area (Å²) < 4.78 is 13.8. The molecule has 0 bridgehead atoms. The Hall–Kier alpha value is -2.92. The average molecular weight is 448 g/mol. The number of carbonyl (C=O) groups excluding carboxylic acids is 1. The van der Waals surface area contributed by atoms with Crippen LogP contribution in [-0.2, 0) is 11.3 Å². The molecule has 1 heterocycles. The SMILES string of the molecule is COc1ccc2c(c1)c1c(C)c(C(C)C)c(OC(C)=O)c(SC)c1n2Cc1ccccc1. The van der Waals surface area contributed by atoms with Gasteiger partial charge < -0.3 is 14.0 Å². The number of hydrogen-bond donors (Lipinski definition) is 0. The Balaban J connectivity index is 2.19. The first kappa shape index (κ1) is 22.3. The summed E-state index contributed by atoms with van der Waals surface area (Å²) in [5.41, 5.74) is 5.68. The molecular formula is C27H29NO3S. The van der Waals surface area contributed by atoms with Crippen molar-refractivity contribution < 1.29 is 14.3 Å². The number of esters is 1. The van der Waals surface area contributed by atoms with Crippen LogP contribution in [0.4, 0.5) is 0 Å². The molecule has 166 valence electrons. The van der Waals surface area contributed by atoms with E-state index in [2.05, 4.69) is 61.7 Å². The number of ether oxygens (including phenoxy) is 2. The third-order valence-electron chi connectivity index (χ3n) is 5.93. The lowest BCUT2D eigenvalue weighted by Crippen LogP contribution is -2.09. The minimum atomic E-state index is -0.298. The number of carbonyl (C=O) groups is 1. The molecule has 0 aliphatic carbocycles. The van der Waals surface area contributed by atoms with Gasteiger partial charge in [-0.15, -0.1) is 11.8 Å². The molecule has 0 aliphatic rings. The molecular weight excluding hydrogens is 418 g/mol. The summed E-state index contributed by atoms with van der Waals surface area (Å²) in [6.45, 7) is 8.63. The first-order valence-corrected chi connectivity index (χ1v) is 12.0. The number of aromatic nitrogens is 1. The van der Waals surface area contributed by atoms with Crippen molar-refractivity contribution in [3.8, 4) is 11.5 Å². The maximum atomic E-state index is 12.1. The number of benzene rings is 3. The summed E-state index contributed by atoms with van der Waals surface area (Å²) in [7, 11) is 1.70. The number of fused-ring (bicyclic) bond motifs is 3. The lowest BCUT2D eigenvalue weighted by Gasteiger charge is -2.21. The molecule has 32 heavy (non-hydrogen) atoms. The summed E-state index contributed by atoms with van der Waals surface area (Å²) in [6.07, 6.45) is 2.05. The Morgan fingerprint density at radius 1 is 1.12 bits per heavy atom. The quantitative estimate of drug-likeness (QED) is 0.182. The third-order valence-corrected chi connectivity index (χ3v) is 6.71. The van der Waals surface area contributed by atoms with Crippen LogP contribution in [0.2, 0.25) is 0 Å². The van der Waals surface area contributed by atoms with Crippen molar-refractivity contribution in [2.45, 2.75) is 45.1 Å². The van der Waals surface area contributed by atoms with E-state index in [1.165, 1.54) is 17.9 Å². The zero-order valence-corrected chi connectivity index (χ0v) is 20.3. The zero-order valence-electron chi connectivity index (χ0n) is 19.5. The van der Waals surface area contributed by atoms with E-state index in [-0.39, 0.29) is 11.9 Å². The number of nitrogens with zero attached hydrogens (tertiary/aromatic N) is 1. The predicted molar refractivity (Wildman–Crippen MR) is 133 cm³/mol. The van der Waals surface area contributed by atoms with Gasteiger partial charge in [0.1, 0.15) is 11.5 Å². The van der Waals surface area contributed by atoms with Crippen molar-refractivity contribution in [3.63, 3.8) is 0 Å². The Morgan fingerprint density at radius 3 is 2.44 bits per heavy atom. The molecule has 0 spiro atoms. The van der Waals surface area contributed by atoms with Crippen molar-refractivity contribution in [2.75, 3.05) is 13.4 Å². The van der Waals surface area contributed by atoms with Crippen LogP contribution in [-0.4, -0.2) is 23.9 Å². The van der Waals surface area contributed by atoms with Crippen molar-refractivity contribution in [1.29, 1.82) is 0 Å². The number of rotatable bonds is 6. The third kappa shape index (κ3) is 3.75. The van der Waals surface area contributed by atoms with E-state index in [4.69, 9.17) is 9.47 Å². The van der Waals surface area contributed by atoms with Crippen molar-refractivity contribution in [1.82, 2.24) is 4.57 Å². The van der Waals surface area contributed by atoms with Gasteiger partial charge in [-0.2, -0.15) is 0 Å². The van der Waals surface area contributed by atoms with Gasteiger partial charge in [-0.3, -0.25) is 4.79 Å². The van der Waals surface area contributed by atoms with Crippen LogP contribution in [0.5, 0.6) is 11.5 Å². The number of methoxy groups -OCH3 is 1. The minimum absolute atomic E-state index is 0.206. The highest BCUT2D eigenvalue weighted by molar-refractivity contribution is 7.99. The normalized spacial score (nSPS) is 11.5. The van der Waals surface area contributed by atoms with Gasteiger partial charge >= 0.3 is 5.97 Å². The van der Waals surface area contributed by atoms with Crippen molar-refractivity contribution >= 4 is 39.5 Å². The van der Waals surface area contributed by atoms with E-state index < -0.39 is 0 Å². The van der Waals surface area contributed by atoms with Gasteiger partial charge in [0.2, 0.25) is 0 Å². The van der Waals surface area contributed by atoms with E-state index in [0.717, 1.165) is 44.7 Å². The lowest BCUT2D eigenvalue weighted by molar-refractivity contribution is -0.132. The Kier molecular flexibility index (Phi) is 6.20. The molecule has 1 aromatic heterocycles. The van der Waals surface area contributed by atoms with Gasteiger partial charge in [-0.25, -0.2) is 0 Å². The maximum absolute atomic E-state index is 12.1. The number of hydrogen-bond acceptors (Lipinski definition) is 4. The van der Waals surface area contributed by atoms with Crippen molar-refractivity contribution in [2.24, 2.45) is 0 Å². The van der Waals surface area contributed by atoms with E-state index in [9.17, 15) is 4.79 Å². The van der Waals surface area contributed by atoms with Gasteiger partial charge in [0.05, 0.1) is 17.5 Å². The Bertz CT molecular complexity index is 1310. The predicted octanol–water partition coefficient (Wildman–Crippen LogP) is 6.93. The zero-order chi connectivity index (χ0) is 23.0. The molecule has 3 aromatic carbocycles. The topological polar surface area (TPSA) is 40.5 Å². The first-order valence-electron chi connectivity index (χ1n) is 10.8. The van der Waals surface area contributed by atoms with Crippen LogP contribution in [0.1, 0.15) is 43.4 Å². The monoisotopic (exact) mass is 447 g/mol. The highest BCUT2D eigenvalue weighted by Crippen LogP contribution is 2.48. The van der Waals surface area contributed by atoms with Gasteiger partial charge in [0, 0.05) is 35.3 Å². The van der Waals surface area contributed by atoms with E-state index in [1.807, 2.05) is 18.4 Å².